The molecule has 3 aromatic rings. The average Bonchev–Trinajstić information content (AvgIpc) is 3.22. The van der Waals surface area contributed by atoms with Gasteiger partial charge >= 0.3 is 0 Å². The van der Waals surface area contributed by atoms with E-state index < -0.39 is 6.43 Å². The number of nitrogens with zero attached hydrogens (tertiary/aromatic N) is 6. The molecule has 4 rings (SSSR count). The molecule has 0 radical (unpaired) electrons. The molecule has 1 fully saturated rings. The zero-order valence-electron chi connectivity index (χ0n) is 16.0. The van der Waals surface area contributed by atoms with Crippen molar-refractivity contribution in [2.24, 2.45) is 5.92 Å². The minimum atomic E-state index is -2.75. The van der Waals surface area contributed by atoms with E-state index in [-0.39, 0.29) is 46.1 Å². The first-order valence-corrected chi connectivity index (χ1v) is 9.40. The van der Waals surface area contributed by atoms with E-state index in [4.69, 9.17) is 5.26 Å². The number of rotatable bonds is 3. The summed E-state index contributed by atoms with van der Waals surface area (Å²) in [6.07, 6.45) is -0.817. The summed E-state index contributed by atoms with van der Waals surface area (Å²) in [6.45, 7) is 2.79. The zero-order chi connectivity index (χ0) is 21.4. The van der Waals surface area contributed by atoms with E-state index in [1.165, 1.54) is 35.1 Å². The summed E-state index contributed by atoms with van der Waals surface area (Å²) in [7, 11) is 0. The van der Waals surface area contributed by atoms with Crippen molar-refractivity contribution in [1.82, 2.24) is 24.5 Å². The number of nitriles is 1. The molecule has 2 aromatic heterocycles. The molecule has 10 heteroatoms. The second kappa shape index (κ2) is 7.67. The Kier molecular flexibility index (Phi) is 5.03. The van der Waals surface area contributed by atoms with Gasteiger partial charge in [-0.1, -0.05) is 6.92 Å². The van der Waals surface area contributed by atoms with Crippen molar-refractivity contribution in [1.29, 1.82) is 5.26 Å². The van der Waals surface area contributed by atoms with Crippen LogP contribution in [0.5, 0.6) is 5.75 Å². The lowest BCUT2D eigenvalue weighted by Gasteiger charge is -2.37. The quantitative estimate of drug-likeness (QED) is 0.709. The van der Waals surface area contributed by atoms with Gasteiger partial charge in [0.25, 0.3) is 18.1 Å². The van der Waals surface area contributed by atoms with Gasteiger partial charge in [0, 0.05) is 24.6 Å². The number of phenolic OH excluding ortho intramolecular Hbond substituents is 1. The van der Waals surface area contributed by atoms with Crippen LogP contribution in [0.2, 0.25) is 0 Å². The fraction of sp³-hybridized carbons (Fsp3) is 0.350. The molecule has 2 atom stereocenters. The Balaban J connectivity index is 1.68. The summed E-state index contributed by atoms with van der Waals surface area (Å²) in [5, 5.41) is 22.9. The minimum Gasteiger partial charge on any atom is -0.507 e. The van der Waals surface area contributed by atoms with Gasteiger partial charge in [-0.05, 0) is 36.6 Å². The van der Waals surface area contributed by atoms with Gasteiger partial charge in [-0.15, -0.1) is 0 Å². The van der Waals surface area contributed by atoms with Crippen LogP contribution >= 0.6 is 0 Å². The molecule has 1 aliphatic rings. The normalized spacial score (nSPS) is 19.2. The third kappa shape index (κ3) is 3.43. The summed E-state index contributed by atoms with van der Waals surface area (Å²) < 4.78 is 28.1. The fourth-order valence-corrected chi connectivity index (χ4v) is 3.81. The summed E-state index contributed by atoms with van der Waals surface area (Å²) >= 11 is 0. The number of hydrogen-bond donors (Lipinski definition) is 1. The van der Waals surface area contributed by atoms with Crippen LogP contribution in [0.1, 0.15) is 53.0 Å². The maximum absolute atomic E-state index is 13.3. The van der Waals surface area contributed by atoms with E-state index in [1.807, 2.05) is 13.0 Å². The highest BCUT2D eigenvalue weighted by molar-refractivity contribution is 5.95. The second-order valence-corrected chi connectivity index (χ2v) is 7.35. The van der Waals surface area contributed by atoms with Crippen molar-refractivity contribution in [3.8, 4) is 11.8 Å². The van der Waals surface area contributed by atoms with Crippen LogP contribution < -0.4 is 0 Å². The van der Waals surface area contributed by atoms with Crippen LogP contribution in [0.15, 0.2) is 30.6 Å². The van der Waals surface area contributed by atoms with Crippen LogP contribution in [0.25, 0.3) is 5.78 Å². The standard InChI is InChI=1S/C20H18F2N6O2/c1-11-4-5-27(19(30)12-2-3-17(29)13(6-12)8-23)9-14(11)16-7-15(18(21)22)26-20-24-10-25-28(16)20/h2-3,6-7,10-11,14,18,29H,4-5,9H2,1H3/t11?,14-/m1/s1. The van der Waals surface area contributed by atoms with Crippen LogP contribution in [0, 0.1) is 17.2 Å². The lowest BCUT2D eigenvalue weighted by atomic mass is 9.84. The maximum Gasteiger partial charge on any atom is 0.280 e. The van der Waals surface area contributed by atoms with Crippen LogP contribution in [-0.2, 0) is 0 Å². The molecule has 1 aromatic carbocycles. The van der Waals surface area contributed by atoms with E-state index in [9.17, 15) is 18.7 Å². The fourth-order valence-electron chi connectivity index (χ4n) is 3.81. The maximum atomic E-state index is 13.3. The highest BCUT2D eigenvalue weighted by atomic mass is 19.3. The van der Waals surface area contributed by atoms with Crippen molar-refractivity contribution < 1.29 is 18.7 Å². The summed E-state index contributed by atoms with van der Waals surface area (Å²) in [4.78, 5) is 22.4. The summed E-state index contributed by atoms with van der Waals surface area (Å²) in [5.74, 6) is -0.523. The second-order valence-electron chi connectivity index (χ2n) is 7.35. The highest BCUT2D eigenvalue weighted by Crippen LogP contribution is 2.34. The van der Waals surface area contributed by atoms with Gasteiger partial charge in [0.05, 0.1) is 11.3 Å². The van der Waals surface area contributed by atoms with Gasteiger partial charge in [-0.25, -0.2) is 18.3 Å². The molecule has 1 saturated heterocycles. The van der Waals surface area contributed by atoms with Crippen molar-refractivity contribution in [3.05, 3.63) is 53.1 Å². The molecule has 0 spiro atoms. The van der Waals surface area contributed by atoms with Crippen LogP contribution in [-0.4, -0.2) is 48.6 Å². The largest absolute Gasteiger partial charge is 0.507 e. The summed E-state index contributed by atoms with van der Waals surface area (Å²) in [5.41, 5.74) is 0.453. The van der Waals surface area contributed by atoms with Gasteiger partial charge < -0.3 is 10.0 Å². The molecule has 1 N–H and O–H groups in total. The SMILES string of the molecule is CC1CCN(C(=O)c2ccc(O)c(C#N)c2)C[C@H]1c1cc(C(F)F)nc2ncnn12. The van der Waals surface area contributed by atoms with Gasteiger partial charge in [0.15, 0.2) is 0 Å². The lowest BCUT2D eigenvalue weighted by Crippen LogP contribution is -2.42. The number of likely N-dealkylation sites (tertiary alicyclic amines) is 1. The van der Waals surface area contributed by atoms with Crippen molar-refractivity contribution in [2.75, 3.05) is 13.1 Å². The summed E-state index contributed by atoms with van der Waals surface area (Å²) in [6, 6.07) is 7.30. The number of amides is 1. The van der Waals surface area contributed by atoms with Gasteiger partial charge in [0.2, 0.25) is 0 Å². The highest BCUT2D eigenvalue weighted by Gasteiger charge is 2.33. The molecule has 1 amide bonds. The topological polar surface area (TPSA) is 107 Å². The number of benzene rings is 1. The predicted octanol–water partition coefficient (Wildman–Crippen LogP) is 2.90. The van der Waals surface area contributed by atoms with Crippen LogP contribution in [0.3, 0.4) is 0 Å². The monoisotopic (exact) mass is 412 g/mol. The Morgan fingerprint density at radius 1 is 1.37 bits per heavy atom. The van der Waals surface area contributed by atoms with Crippen LogP contribution in [0.4, 0.5) is 8.78 Å². The third-order valence-corrected chi connectivity index (χ3v) is 5.51. The molecule has 0 bridgehead atoms. The molecule has 1 aliphatic heterocycles. The molecule has 3 heterocycles. The van der Waals surface area contributed by atoms with Gasteiger partial charge in [0.1, 0.15) is 23.8 Å². The first-order valence-electron chi connectivity index (χ1n) is 9.40. The van der Waals surface area contributed by atoms with E-state index in [2.05, 4.69) is 15.1 Å². The molecule has 8 nitrogen and oxygen atoms in total. The average molecular weight is 412 g/mol. The molecule has 154 valence electrons. The van der Waals surface area contributed by atoms with E-state index >= 15 is 0 Å². The number of alkyl halides is 2. The Labute approximate surface area is 170 Å². The Morgan fingerprint density at radius 3 is 2.90 bits per heavy atom. The Hall–Kier alpha value is -3.61. The molecule has 1 unspecified atom stereocenters. The van der Waals surface area contributed by atoms with E-state index in [0.717, 1.165) is 0 Å². The number of aromatic hydroxyl groups is 1. The first kappa shape index (κ1) is 19.7. The van der Waals surface area contributed by atoms with Gasteiger partial charge in [-0.2, -0.15) is 15.3 Å². The Bertz CT molecular complexity index is 1160. The molecule has 0 aliphatic carbocycles. The van der Waals surface area contributed by atoms with Crippen molar-refractivity contribution in [2.45, 2.75) is 25.7 Å². The number of carbonyl (C=O) groups excluding carboxylic acids is 1. The molecular weight excluding hydrogens is 394 g/mol. The number of piperidine rings is 1. The third-order valence-electron chi connectivity index (χ3n) is 5.51. The Morgan fingerprint density at radius 2 is 2.17 bits per heavy atom. The predicted molar refractivity (Wildman–Crippen MR) is 101 cm³/mol. The number of hydrogen-bond acceptors (Lipinski definition) is 6. The van der Waals surface area contributed by atoms with E-state index in [1.54, 1.807) is 4.90 Å². The van der Waals surface area contributed by atoms with Crippen molar-refractivity contribution in [3.63, 3.8) is 0 Å². The smallest absolute Gasteiger partial charge is 0.280 e. The zero-order valence-corrected chi connectivity index (χ0v) is 16.0. The minimum absolute atomic E-state index is 0.0165. The number of phenols is 1. The number of halogens is 2. The number of fused-ring (bicyclic) bond motifs is 1. The number of carbonyl (C=O) groups is 1. The van der Waals surface area contributed by atoms with E-state index in [0.29, 0.717) is 25.2 Å². The molecular formula is C20H18F2N6O2. The number of aromatic nitrogens is 4. The molecule has 30 heavy (non-hydrogen) atoms. The van der Waals surface area contributed by atoms with Gasteiger partial charge in [-0.3, -0.25) is 4.79 Å². The lowest BCUT2D eigenvalue weighted by molar-refractivity contribution is 0.0665. The first-order chi connectivity index (χ1) is 14.4. The van der Waals surface area contributed by atoms with Crippen molar-refractivity contribution >= 4 is 11.7 Å². The molecule has 0 saturated carbocycles.